The van der Waals surface area contributed by atoms with Crippen molar-refractivity contribution in [2.45, 2.75) is 27.1 Å². The molecule has 0 atom stereocenters. The average Bonchev–Trinajstić information content (AvgIpc) is 2.45. The first kappa shape index (κ1) is 14.3. The average molecular weight is 273 g/mol. The molecule has 106 valence electrons. The van der Waals surface area contributed by atoms with E-state index in [-0.39, 0.29) is 6.61 Å². The van der Waals surface area contributed by atoms with Crippen LogP contribution >= 0.6 is 0 Å². The minimum Gasteiger partial charge on any atom is -0.497 e. The van der Waals surface area contributed by atoms with Crippen LogP contribution in [0.1, 0.15) is 22.4 Å². The molecule has 1 aromatic carbocycles. The van der Waals surface area contributed by atoms with Crippen LogP contribution in [0.25, 0.3) is 0 Å². The molecule has 20 heavy (non-hydrogen) atoms. The predicted octanol–water partition coefficient (Wildman–Crippen LogP) is 2.78. The smallest absolute Gasteiger partial charge is 0.219 e. The van der Waals surface area contributed by atoms with Crippen molar-refractivity contribution in [1.29, 1.82) is 0 Å². The molecule has 2 rings (SSSR count). The van der Waals surface area contributed by atoms with Gasteiger partial charge >= 0.3 is 0 Å². The first-order valence-electron chi connectivity index (χ1n) is 6.47. The van der Waals surface area contributed by atoms with Crippen molar-refractivity contribution < 1.29 is 14.6 Å². The third-order valence-corrected chi connectivity index (χ3v) is 3.11. The van der Waals surface area contributed by atoms with Gasteiger partial charge in [-0.2, -0.15) is 0 Å². The number of ether oxygens (including phenoxy) is 2. The Bertz CT molecular complexity index is 596. The number of hydrogen-bond donors (Lipinski definition) is 1. The van der Waals surface area contributed by atoms with Crippen molar-refractivity contribution in [2.24, 2.45) is 0 Å². The van der Waals surface area contributed by atoms with Gasteiger partial charge in [-0.05, 0) is 43.2 Å². The molecular weight excluding hydrogens is 254 g/mol. The number of benzene rings is 1. The number of pyridine rings is 1. The number of aliphatic hydroxyl groups is 1. The molecule has 0 fully saturated rings. The fraction of sp³-hybridized carbons (Fsp3) is 0.312. The Morgan fingerprint density at radius 3 is 2.70 bits per heavy atom. The van der Waals surface area contributed by atoms with E-state index in [0.717, 1.165) is 28.1 Å². The van der Waals surface area contributed by atoms with E-state index in [9.17, 15) is 5.11 Å². The second kappa shape index (κ2) is 6.39. The molecule has 0 spiro atoms. The first-order valence-corrected chi connectivity index (χ1v) is 6.47. The lowest BCUT2D eigenvalue weighted by atomic mass is 10.1. The first-order chi connectivity index (χ1) is 9.63. The highest BCUT2D eigenvalue weighted by molar-refractivity contribution is 5.35. The molecule has 0 saturated heterocycles. The summed E-state index contributed by atoms with van der Waals surface area (Å²) in [6.07, 6.45) is 0. The van der Waals surface area contributed by atoms with Gasteiger partial charge in [0, 0.05) is 11.3 Å². The molecule has 0 aliphatic carbocycles. The van der Waals surface area contributed by atoms with Crippen molar-refractivity contribution >= 4 is 0 Å². The van der Waals surface area contributed by atoms with Gasteiger partial charge in [0.15, 0.2) is 0 Å². The van der Waals surface area contributed by atoms with Crippen LogP contribution < -0.4 is 9.47 Å². The highest BCUT2D eigenvalue weighted by Crippen LogP contribution is 2.22. The third kappa shape index (κ3) is 3.27. The Morgan fingerprint density at radius 1 is 1.20 bits per heavy atom. The van der Waals surface area contributed by atoms with E-state index in [4.69, 9.17) is 9.47 Å². The number of aromatic nitrogens is 1. The normalized spacial score (nSPS) is 10.4. The third-order valence-electron chi connectivity index (χ3n) is 3.11. The maximum Gasteiger partial charge on any atom is 0.219 e. The summed E-state index contributed by atoms with van der Waals surface area (Å²) >= 11 is 0. The number of methoxy groups -OCH3 is 1. The largest absolute Gasteiger partial charge is 0.497 e. The standard InChI is InChI=1S/C16H19NO3/c1-11-7-12(2)17-16(15(11)9-18)20-10-13-5-4-6-14(8-13)19-3/h4-8,18H,9-10H2,1-3H3. The SMILES string of the molecule is COc1cccc(COc2nc(C)cc(C)c2CO)c1. The van der Waals surface area contributed by atoms with Crippen LogP contribution in [0.15, 0.2) is 30.3 Å². The summed E-state index contributed by atoms with van der Waals surface area (Å²) in [4.78, 5) is 4.35. The van der Waals surface area contributed by atoms with E-state index in [2.05, 4.69) is 4.98 Å². The van der Waals surface area contributed by atoms with Crippen molar-refractivity contribution in [3.05, 3.63) is 52.7 Å². The molecule has 1 aromatic heterocycles. The summed E-state index contributed by atoms with van der Waals surface area (Å²) in [7, 11) is 1.63. The molecule has 4 nitrogen and oxygen atoms in total. The van der Waals surface area contributed by atoms with Crippen molar-refractivity contribution in [1.82, 2.24) is 4.98 Å². The molecule has 1 N–H and O–H groups in total. The molecule has 0 saturated carbocycles. The zero-order valence-corrected chi connectivity index (χ0v) is 12.0. The van der Waals surface area contributed by atoms with Crippen LogP contribution in [0.4, 0.5) is 0 Å². The molecule has 0 aliphatic rings. The predicted molar refractivity (Wildman–Crippen MR) is 77.0 cm³/mol. The number of rotatable bonds is 5. The van der Waals surface area contributed by atoms with Gasteiger partial charge in [0.25, 0.3) is 0 Å². The van der Waals surface area contributed by atoms with Crippen LogP contribution in [-0.4, -0.2) is 17.2 Å². The summed E-state index contributed by atoms with van der Waals surface area (Å²) in [5, 5.41) is 9.43. The van der Waals surface area contributed by atoms with E-state index in [1.807, 2.05) is 44.2 Å². The number of hydrogen-bond acceptors (Lipinski definition) is 4. The second-order valence-electron chi connectivity index (χ2n) is 4.66. The molecule has 2 aromatic rings. The van der Waals surface area contributed by atoms with E-state index >= 15 is 0 Å². The number of aryl methyl sites for hydroxylation is 2. The minimum absolute atomic E-state index is 0.0768. The van der Waals surface area contributed by atoms with Gasteiger partial charge in [-0.15, -0.1) is 0 Å². The van der Waals surface area contributed by atoms with Crippen LogP contribution in [0.5, 0.6) is 11.6 Å². The Kier molecular flexibility index (Phi) is 4.58. The molecule has 0 bridgehead atoms. The molecule has 0 unspecified atom stereocenters. The van der Waals surface area contributed by atoms with Gasteiger partial charge in [0.1, 0.15) is 12.4 Å². The summed E-state index contributed by atoms with van der Waals surface area (Å²) < 4.78 is 10.9. The lowest BCUT2D eigenvalue weighted by Crippen LogP contribution is -2.04. The topological polar surface area (TPSA) is 51.6 Å². The lowest BCUT2D eigenvalue weighted by molar-refractivity contribution is 0.251. The quantitative estimate of drug-likeness (QED) is 0.910. The second-order valence-corrected chi connectivity index (χ2v) is 4.66. The zero-order chi connectivity index (χ0) is 14.5. The van der Waals surface area contributed by atoms with Gasteiger partial charge in [-0.1, -0.05) is 12.1 Å². The van der Waals surface area contributed by atoms with Gasteiger partial charge in [-0.25, -0.2) is 4.98 Å². The summed E-state index contributed by atoms with van der Waals surface area (Å²) in [5.74, 6) is 1.29. The molecule has 0 radical (unpaired) electrons. The Hall–Kier alpha value is -2.07. The Labute approximate surface area is 119 Å². The number of aliphatic hydroxyl groups excluding tert-OH is 1. The fourth-order valence-electron chi connectivity index (χ4n) is 2.05. The van der Waals surface area contributed by atoms with Gasteiger partial charge < -0.3 is 14.6 Å². The summed E-state index contributed by atoms with van der Waals surface area (Å²) in [6, 6.07) is 9.62. The van der Waals surface area contributed by atoms with Crippen LogP contribution in [0, 0.1) is 13.8 Å². The fourth-order valence-corrected chi connectivity index (χ4v) is 2.05. The van der Waals surface area contributed by atoms with E-state index in [0.29, 0.717) is 12.5 Å². The molecule has 1 heterocycles. The molecule has 4 heteroatoms. The highest BCUT2D eigenvalue weighted by atomic mass is 16.5. The van der Waals surface area contributed by atoms with Crippen molar-refractivity contribution in [2.75, 3.05) is 7.11 Å². The minimum atomic E-state index is -0.0768. The van der Waals surface area contributed by atoms with Crippen LogP contribution in [0.2, 0.25) is 0 Å². The van der Waals surface area contributed by atoms with Gasteiger partial charge in [0.2, 0.25) is 5.88 Å². The molecular formula is C16H19NO3. The molecule has 0 amide bonds. The molecule has 0 aliphatic heterocycles. The summed E-state index contributed by atoms with van der Waals surface area (Å²) in [6.45, 7) is 4.16. The van der Waals surface area contributed by atoms with Gasteiger partial charge in [-0.3, -0.25) is 0 Å². The Morgan fingerprint density at radius 2 is 2.00 bits per heavy atom. The van der Waals surface area contributed by atoms with Gasteiger partial charge in [0.05, 0.1) is 13.7 Å². The monoisotopic (exact) mass is 273 g/mol. The van der Waals surface area contributed by atoms with Crippen LogP contribution in [-0.2, 0) is 13.2 Å². The summed E-state index contributed by atoms with van der Waals surface area (Å²) in [5.41, 5.74) is 3.59. The number of nitrogens with zero attached hydrogens (tertiary/aromatic N) is 1. The van der Waals surface area contributed by atoms with E-state index in [1.165, 1.54) is 0 Å². The lowest BCUT2D eigenvalue weighted by Gasteiger charge is -2.12. The van der Waals surface area contributed by atoms with E-state index in [1.54, 1.807) is 7.11 Å². The van der Waals surface area contributed by atoms with Crippen LogP contribution in [0.3, 0.4) is 0 Å². The Balaban J connectivity index is 2.18. The van der Waals surface area contributed by atoms with Crippen molar-refractivity contribution in [3.8, 4) is 11.6 Å². The van der Waals surface area contributed by atoms with Crippen molar-refractivity contribution in [3.63, 3.8) is 0 Å². The maximum atomic E-state index is 9.43. The maximum absolute atomic E-state index is 9.43. The zero-order valence-electron chi connectivity index (χ0n) is 12.0. The van der Waals surface area contributed by atoms with E-state index < -0.39 is 0 Å². The highest BCUT2D eigenvalue weighted by Gasteiger charge is 2.09.